The van der Waals surface area contributed by atoms with Crippen molar-refractivity contribution in [2.24, 2.45) is 15.7 Å². The van der Waals surface area contributed by atoms with E-state index >= 15 is 0 Å². The predicted octanol–water partition coefficient (Wildman–Crippen LogP) is 2.71. The fourth-order valence-corrected chi connectivity index (χ4v) is 3.17. The van der Waals surface area contributed by atoms with Crippen LogP contribution in [-0.2, 0) is 4.79 Å². The molecule has 132 valence electrons. The normalized spacial score (nSPS) is 22.4. The summed E-state index contributed by atoms with van der Waals surface area (Å²) in [4.78, 5) is 22.4. The Hall–Kier alpha value is -2.50. The largest absolute Gasteiger partial charge is 0.379 e. The lowest BCUT2D eigenvalue weighted by Crippen LogP contribution is -2.63. The smallest absolute Gasteiger partial charge is 0.289 e. The number of benzene rings is 1. The van der Waals surface area contributed by atoms with E-state index in [1.807, 2.05) is 12.1 Å². The van der Waals surface area contributed by atoms with Gasteiger partial charge in [-0.15, -0.1) is 0 Å². The molecule has 0 aliphatic carbocycles. The lowest BCUT2D eigenvalue weighted by molar-refractivity contribution is -0.135. The molecule has 1 aromatic rings. The van der Waals surface area contributed by atoms with Gasteiger partial charge in [0.2, 0.25) is 0 Å². The van der Waals surface area contributed by atoms with Gasteiger partial charge in [0, 0.05) is 6.42 Å². The molecule has 25 heavy (non-hydrogen) atoms. The van der Waals surface area contributed by atoms with E-state index in [-0.39, 0.29) is 25.0 Å². The average Bonchev–Trinajstić information content (AvgIpc) is 2.99. The van der Waals surface area contributed by atoms with E-state index in [4.69, 9.17) is 5.73 Å². The fraction of sp³-hybridized carbons (Fsp3) is 0.421. The van der Waals surface area contributed by atoms with Gasteiger partial charge in [-0.3, -0.25) is 9.79 Å². The van der Waals surface area contributed by atoms with Gasteiger partial charge >= 0.3 is 0 Å². The Morgan fingerprint density at radius 2 is 2.12 bits per heavy atom. The first-order valence-electron chi connectivity index (χ1n) is 8.41. The summed E-state index contributed by atoms with van der Waals surface area (Å²) < 4.78 is 14.2. The Morgan fingerprint density at radius 1 is 1.44 bits per heavy atom. The van der Waals surface area contributed by atoms with E-state index in [2.05, 4.69) is 35.6 Å². The zero-order valence-electron chi connectivity index (χ0n) is 14.6. The Balaban J connectivity index is 1.67. The van der Waals surface area contributed by atoms with Gasteiger partial charge in [0.05, 0.1) is 19.1 Å². The highest BCUT2D eigenvalue weighted by Crippen LogP contribution is 2.32. The highest BCUT2D eigenvalue weighted by atomic mass is 19.1. The third kappa shape index (κ3) is 3.34. The number of likely N-dealkylation sites (tertiary alicyclic amines) is 1. The van der Waals surface area contributed by atoms with Crippen LogP contribution in [0.4, 0.5) is 4.39 Å². The zero-order chi connectivity index (χ0) is 18.2. The Labute approximate surface area is 147 Å². The average molecular weight is 342 g/mol. The van der Waals surface area contributed by atoms with Crippen LogP contribution in [-0.4, -0.2) is 41.2 Å². The number of hydrogen-bond acceptors (Lipinski definition) is 3. The van der Waals surface area contributed by atoms with Crippen molar-refractivity contribution in [2.45, 2.75) is 38.4 Å². The van der Waals surface area contributed by atoms with E-state index in [9.17, 15) is 9.18 Å². The van der Waals surface area contributed by atoms with Crippen molar-refractivity contribution in [2.75, 3.05) is 13.1 Å². The molecular weight excluding hydrogens is 319 g/mol. The third-order valence-corrected chi connectivity index (χ3v) is 4.90. The second-order valence-electron chi connectivity index (χ2n) is 6.86. The molecule has 1 fully saturated rings. The molecule has 0 saturated carbocycles. The number of carbonyl (C=O) groups excluding carboxylic acids is 1. The van der Waals surface area contributed by atoms with Crippen LogP contribution in [0.1, 0.15) is 36.9 Å². The second-order valence-corrected chi connectivity index (χ2v) is 6.86. The second kappa shape index (κ2) is 6.43. The van der Waals surface area contributed by atoms with Crippen molar-refractivity contribution >= 4 is 17.6 Å². The minimum Gasteiger partial charge on any atom is -0.379 e. The number of amides is 1. The number of nitrogens with two attached hydrogens (primary N) is 1. The predicted molar refractivity (Wildman–Crippen MR) is 97.4 cm³/mol. The number of alkyl halides is 1. The van der Waals surface area contributed by atoms with E-state index in [1.54, 1.807) is 6.92 Å². The molecule has 0 radical (unpaired) electrons. The number of hydrogen-bond donors (Lipinski definition) is 1. The van der Waals surface area contributed by atoms with Gasteiger partial charge in [-0.05, 0) is 37.0 Å². The SMILES string of the molecule is C=C(C)C1(F)CN(C(=O)C(N)=NC2=NC(c3ccccc3C)CC2)C1. The first-order chi connectivity index (χ1) is 11.8. The van der Waals surface area contributed by atoms with Gasteiger partial charge in [0.1, 0.15) is 5.84 Å². The van der Waals surface area contributed by atoms with Crippen molar-refractivity contribution in [3.63, 3.8) is 0 Å². The molecule has 0 aromatic heterocycles. The molecule has 5 nitrogen and oxygen atoms in total. The minimum atomic E-state index is -1.50. The molecule has 2 aliphatic heterocycles. The van der Waals surface area contributed by atoms with Crippen molar-refractivity contribution in [3.8, 4) is 0 Å². The Bertz CT molecular complexity index is 777. The number of nitrogens with zero attached hydrogens (tertiary/aromatic N) is 3. The van der Waals surface area contributed by atoms with E-state index < -0.39 is 11.6 Å². The maximum atomic E-state index is 14.2. The summed E-state index contributed by atoms with van der Waals surface area (Å²) >= 11 is 0. The van der Waals surface area contributed by atoms with Crippen LogP contribution in [0.3, 0.4) is 0 Å². The summed E-state index contributed by atoms with van der Waals surface area (Å²) in [6, 6.07) is 8.15. The number of aliphatic imine (C=N–C) groups is 2. The summed E-state index contributed by atoms with van der Waals surface area (Å²) in [5.41, 5.74) is 7.10. The Kier molecular flexibility index (Phi) is 4.45. The number of carbonyl (C=O) groups is 1. The van der Waals surface area contributed by atoms with Gasteiger partial charge in [0.25, 0.3) is 5.91 Å². The van der Waals surface area contributed by atoms with Gasteiger partial charge in [-0.25, -0.2) is 9.38 Å². The quantitative estimate of drug-likeness (QED) is 0.510. The molecule has 3 rings (SSSR count). The molecule has 6 heteroatoms. The summed E-state index contributed by atoms with van der Waals surface area (Å²) in [5.74, 6) is -0.00412. The zero-order valence-corrected chi connectivity index (χ0v) is 14.6. The van der Waals surface area contributed by atoms with Crippen LogP contribution < -0.4 is 5.73 Å². The van der Waals surface area contributed by atoms with Crippen LogP contribution in [0.15, 0.2) is 46.4 Å². The highest BCUT2D eigenvalue weighted by Gasteiger charge is 2.47. The first-order valence-corrected chi connectivity index (χ1v) is 8.41. The van der Waals surface area contributed by atoms with E-state index in [1.165, 1.54) is 16.0 Å². The summed E-state index contributed by atoms with van der Waals surface area (Å²) in [5, 5.41) is 0. The monoisotopic (exact) mass is 342 g/mol. The van der Waals surface area contributed by atoms with E-state index in [0.29, 0.717) is 17.8 Å². The van der Waals surface area contributed by atoms with Crippen molar-refractivity contribution < 1.29 is 9.18 Å². The van der Waals surface area contributed by atoms with Crippen molar-refractivity contribution in [3.05, 3.63) is 47.5 Å². The van der Waals surface area contributed by atoms with Gasteiger partial charge in [-0.2, -0.15) is 0 Å². The number of halogens is 1. The standard InChI is InChI=1S/C19H23FN4O/c1-12(2)19(20)10-24(11-19)18(25)17(21)23-16-9-8-15(22-16)14-7-5-4-6-13(14)3/h4-7,15H,1,8-11H2,2-3H3,(H2,21,22,23). The highest BCUT2D eigenvalue weighted by molar-refractivity contribution is 6.39. The molecule has 0 bridgehead atoms. The van der Waals surface area contributed by atoms with Crippen LogP contribution in [0, 0.1) is 6.92 Å². The maximum Gasteiger partial charge on any atom is 0.289 e. The molecular formula is C19H23FN4O. The summed E-state index contributed by atoms with van der Waals surface area (Å²) in [7, 11) is 0. The van der Waals surface area contributed by atoms with Gasteiger partial charge in [-0.1, -0.05) is 30.8 Å². The molecule has 2 heterocycles. The lowest BCUT2D eigenvalue weighted by Gasteiger charge is -2.44. The number of rotatable bonds is 2. The summed E-state index contributed by atoms with van der Waals surface area (Å²) in [6.45, 7) is 7.26. The van der Waals surface area contributed by atoms with Gasteiger partial charge in [0.15, 0.2) is 11.5 Å². The van der Waals surface area contributed by atoms with Crippen LogP contribution >= 0.6 is 0 Å². The topological polar surface area (TPSA) is 71.0 Å². The molecule has 1 saturated heterocycles. The Morgan fingerprint density at radius 3 is 2.76 bits per heavy atom. The molecule has 0 spiro atoms. The van der Waals surface area contributed by atoms with Crippen molar-refractivity contribution in [1.82, 2.24) is 4.90 Å². The van der Waals surface area contributed by atoms with E-state index in [0.717, 1.165) is 6.42 Å². The maximum absolute atomic E-state index is 14.2. The molecule has 1 unspecified atom stereocenters. The molecule has 1 amide bonds. The lowest BCUT2D eigenvalue weighted by atomic mass is 9.89. The minimum absolute atomic E-state index is 0.0182. The third-order valence-electron chi connectivity index (χ3n) is 4.90. The van der Waals surface area contributed by atoms with Crippen LogP contribution in [0.2, 0.25) is 0 Å². The molecule has 2 aliphatic rings. The van der Waals surface area contributed by atoms with Gasteiger partial charge < -0.3 is 10.6 Å². The first kappa shape index (κ1) is 17.3. The van der Waals surface area contributed by atoms with Crippen molar-refractivity contribution in [1.29, 1.82) is 0 Å². The molecule has 2 N–H and O–H groups in total. The van der Waals surface area contributed by atoms with Crippen LogP contribution in [0.25, 0.3) is 0 Å². The van der Waals surface area contributed by atoms with Crippen LogP contribution in [0.5, 0.6) is 0 Å². The number of aryl methyl sites for hydroxylation is 1. The fourth-order valence-electron chi connectivity index (χ4n) is 3.17. The molecule has 1 aromatic carbocycles. The summed E-state index contributed by atoms with van der Waals surface area (Å²) in [6.07, 6.45) is 1.52. The number of amidine groups is 2. The molecule has 1 atom stereocenters.